The predicted molar refractivity (Wildman–Crippen MR) is 53.2 cm³/mol. The van der Waals surface area contributed by atoms with Crippen LogP contribution in [-0.4, -0.2) is 18.5 Å². The molecule has 0 saturated heterocycles. The molecule has 0 aromatic carbocycles. The van der Waals surface area contributed by atoms with Gasteiger partial charge in [0.1, 0.15) is 0 Å². The van der Waals surface area contributed by atoms with E-state index >= 15 is 0 Å². The van der Waals surface area contributed by atoms with E-state index in [0.29, 0.717) is 0 Å². The summed E-state index contributed by atoms with van der Waals surface area (Å²) in [5.74, 6) is 0.205. The molecule has 76 valence electrons. The molecular formula is C10H20N2O. The van der Waals surface area contributed by atoms with Gasteiger partial charge in [-0.2, -0.15) is 0 Å². The largest absolute Gasteiger partial charge is 0.355 e. The quantitative estimate of drug-likeness (QED) is 0.669. The van der Waals surface area contributed by atoms with E-state index in [9.17, 15) is 4.79 Å². The lowest BCUT2D eigenvalue weighted by Crippen LogP contribution is -2.49. The minimum atomic E-state index is 0.0716. The molecule has 0 spiro atoms. The molecule has 1 fully saturated rings. The van der Waals surface area contributed by atoms with Crippen LogP contribution in [0.2, 0.25) is 0 Å². The molecule has 1 amide bonds. The van der Waals surface area contributed by atoms with Crippen molar-refractivity contribution < 1.29 is 4.79 Å². The zero-order valence-corrected chi connectivity index (χ0v) is 8.76. The second-order valence-corrected chi connectivity index (χ2v) is 5.13. The molecule has 3 nitrogen and oxygen atoms in total. The van der Waals surface area contributed by atoms with E-state index in [1.807, 2.05) is 0 Å². The molecule has 0 heterocycles. The van der Waals surface area contributed by atoms with Crippen LogP contribution in [0.5, 0.6) is 0 Å². The first-order chi connectivity index (χ1) is 5.90. The van der Waals surface area contributed by atoms with Crippen LogP contribution in [-0.2, 0) is 4.79 Å². The van der Waals surface area contributed by atoms with Gasteiger partial charge in [0.25, 0.3) is 0 Å². The average molecular weight is 184 g/mol. The smallest absolute Gasteiger partial charge is 0.224 e. The molecule has 0 radical (unpaired) electrons. The summed E-state index contributed by atoms with van der Waals surface area (Å²) in [6.45, 7) is 7.05. The highest BCUT2D eigenvalue weighted by Crippen LogP contribution is 2.25. The molecule has 13 heavy (non-hydrogen) atoms. The van der Waals surface area contributed by atoms with Gasteiger partial charge in [-0.3, -0.25) is 4.79 Å². The highest BCUT2D eigenvalue weighted by Gasteiger charge is 2.33. The van der Waals surface area contributed by atoms with E-state index in [2.05, 4.69) is 26.1 Å². The number of amides is 1. The van der Waals surface area contributed by atoms with E-state index in [1.165, 1.54) is 0 Å². The van der Waals surface area contributed by atoms with Crippen molar-refractivity contribution in [2.24, 2.45) is 17.1 Å². The summed E-state index contributed by atoms with van der Waals surface area (Å²) in [7, 11) is 0. The summed E-state index contributed by atoms with van der Waals surface area (Å²) in [4.78, 5) is 11.5. The first-order valence-electron chi connectivity index (χ1n) is 4.93. The van der Waals surface area contributed by atoms with Gasteiger partial charge in [-0.15, -0.1) is 0 Å². The van der Waals surface area contributed by atoms with Crippen molar-refractivity contribution >= 4 is 5.91 Å². The lowest BCUT2D eigenvalue weighted by atomic mass is 9.79. The Hall–Kier alpha value is -0.570. The maximum Gasteiger partial charge on any atom is 0.224 e. The number of hydrogen-bond donors (Lipinski definition) is 2. The Labute approximate surface area is 80.1 Å². The molecule has 0 bridgehead atoms. The normalized spacial score (nSPS) is 28.0. The molecule has 0 aromatic heterocycles. The molecule has 0 aromatic rings. The molecule has 0 aliphatic heterocycles. The summed E-state index contributed by atoms with van der Waals surface area (Å²) in [6.07, 6.45) is 1.95. The molecule has 2 atom stereocenters. The van der Waals surface area contributed by atoms with Gasteiger partial charge in [0, 0.05) is 12.6 Å². The highest BCUT2D eigenvalue weighted by molar-refractivity contribution is 5.80. The van der Waals surface area contributed by atoms with E-state index in [0.717, 1.165) is 19.4 Å². The molecule has 1 rings (SSSR count). The maximum atomic E-state index is 11.5. The van der Waals surface area contributed by atoms with Gasteiger partial charge in [0.15, 0.2) is 0 Å². The van der Waals surface area contributed by atoms with Crippen LogP contribution in [0.1, 0.15) is 33.6 Å². The summed E-state index contributed by atoms with van der Waals surface area (Å²) in [6, 6.07) is 0.0972. The van der Waals surface area contributed by atoms with E-state index in [1.54, 1.807) is 0 Å². The zero-order chi connectivity index (χ0) is 10.1. The van der Waals surface area contributed by atoms with E-state index < -0.39 is 0 Å². The first kappa shape index (κ1) is 10.5. The van der Waals surface area contributed by atoms with Gasteiger partial charge in [-0.05, 0) is 18.3 Å². The predicted octanol–water partition coefficient (Wildman–Crippen LogP) is 0.886. The van der Waals surface area contributed by atoms with Gasteiger partial charge in [-0.1, -0.05) is 20.8 Å². The Kier molecular flexibility index (Phi) is 2.96. The van der Waals surface area contributed by atoms with Crippen molar-refractivity contribution in [3.63, 3.8) is 0 Å². The van der Waals surface area contributed by atoms with Crippen molar-refractivity contribution in [3.05, 3.63) is 0 Å². The Morgan fingerprint density at radius 1 is 1.46 bits per heavy atom. The summed E-state index contributed by atoms with van der Waals surface area (Å²) < 4.78 is 0. The van der Waals surface area contributed by atoms with Crippen LogP contribution in [0.4, 0.5) is 0 Å². The third kappa shape index (κ3) is 2.99. The number of carbonyl (C=O) groups excluding carboxylic acids is 1. The fraction of sp³-hybridized carbons (Fsp3) is 0.900. The molecular weight excluding hydrogens is 164 g/mol. The summed E-state index contributed by atoms with van der Waals surface area (Å²) in [5, 5.41) is 2.94. The molecule has 3 heteroatoms. The lowest BCUT2D eigenvalue weighted by Gasteiger charge is -2.33. The topological polar surface area (TPSA) is 55.1 Å². The van der Waals surface area contributed by atoms with E-state index in [4.69, 9.17) is 5.73 Å². The van der Waals surface area contributed by atoms with Crippen LogP contribution in [0.25, 0.3) is 0 Å². The number of nitrogens with one attached hydrogen (secondary N) is 1. The molecule has 1 aliphatic rings. The Balaban J connectivity index is 2.26. The number of nitrogens with two attached hydrogens (primary N) is 1. The minimum Gasteiger partial charge on any atom is -0.355 e. The van der Waals surface area contributed by atoms with Gasteiger partial charge < -0.3 is 11.1 Å². The van der Waals surface area contributed by atoms with Crippen molar-refractivity contribution in [3.8, 4) is 0 Å². The zero-order valence-electron chi connectivity index (χ0n) is 8.76. The van der Waals surface area contributed by atoms with Gasteiger partial charge in [0.05, 0.1) is 5.92 Å². The third-order valence-electron chi connectivity index (χ3n) is 2.46. The lowest BCUT2D eigenvalue weighted by molar-refractivity contribution is -0.128. The van der Waals surface area contributed by atoms with Crippen LogP contribution < -0.4 is 11.1 Å². The van der Waals surface area contributed by atoms with Crippen LogP contribution in [0.3, 0.4) is 0 Å². The van der Waals surface area contributed by atoms with Crippen molar-refractivity contribution in [1.82, 2.24) is 5.32 Å². The van der Waals surface area contributed by atoms with Gasteiger partial charge in [-0.25, -0.2) is 0 Å². The fourth-order valence-corrected chi connectivity index (χ4v) is 1.33. The summed E-state index contributed by atoms with van der Waals surface area (Å²) >= 11 is 0. The Morgan fingerprint density at radius 2 is 2.08 bits per heavy atom. The van der Waals surface area contributed by atoms with Crippen LogP contribution in [0.15, 0.2) is 0 Å². The Morgan fingerprint density at radius 3 is 2.38 bits per heavy atom. The standard InChI is InChI=1S/C10H20N2O/c1-10(2,3)6-12-9(13)7-4-5-8(7)11/h7-8H,4-6,11H2,1-3H3,(H,12,13)/t7-,8+/m0/s1. The monoisotopic (exact) mass is 184 g/mol. The SMILES string of the molecule is CC(C)(C)CNC(=O)[C@H]1CC[C@H]1N. The van der Waals surface area contributed by atoms with Crippen molar-refractivity contribution in [2.45, 2.75) is 39.7 Å². The number of rotatable bonds is 2. The van der Waals surface area contributed by atoms with Crippen molar-refractivity contribution in [2.75, 3.05) is 6.54 Å². The van der Waals surface area contributed by atoms with Crippen molar-refractivity contribution in [1.29, 1.82) is 0 Å². The number of hydrogen-bond acceptors (Lipinski definition) is 2. The molecule has 0 unspecified atom stereocenters. The molecule has 1 saturated carbocycles. The minimum absolute atomic E-state index is 0.0716. The summed E-state index contributed by atoms with van der Waals surface area (Å²) in [5.41, 5.74) is 5.86. The first-order valence-corrected chi connectivity index (χ1v) is 4.93. The molecule has 1 aliphatic carbocycles. The van der Waals surface area contributed by atoms with Gasteiger partial charge >= 0.3 is 0 Å². The number of carbonyl (C=O) groups is 1. The second-order valence-electron chi connectivity index (χ2n) is 5.13. The van der Waals surface area contributed by atoms with Crippen LogP contribution >= 0.6 is 0 Å². The highest BCUT2D eigenvalue weighted by atomic mass is 16.1. The fourth-order valence-electron chi connectivity index (χ4n) is 1.33. The maximum absolute atomic E-state index is 11.5. The Bertz CT molecular complexity index is 196. The average Bonchev–Trinajstić information content (AvgIpc) is 1.97. The second kappa shape index (κ2) is 3.66. The van der Waals surface area contributed by atoms with Crippen LogP contribution in [0, 0.1) is 11.3 Å². The molecule has 3 N–H and O–H groups in total. The van der Waals surface area contributed by atoms with Gasteiger partial charge in [0.2, 0.25) is 5.91 Å². The van der Waals surface area contributed by atoms with E-state index in [-0.39, 0.29) is 23.3 Å². The third-order valence-corrected chi connectivity index (χ3v) is 2.46.